The van der Waals surface area contributed by atoms with Crippen molar-refractivity contribution in [3.05, 3.63) is 59.8 Å². The maximum Gasteiger partial charge on any atom is 0.255 e. The summed E-state index contributed by atoms with van der Waals surface area (Å²) in [6.07, 6.45) is 5.70. The molecule has 0 aromatic heterocycles. The molecule has 4 heteroatoms. The van der Waals surface area contributed by atoms with Gasteiger partial charge in [-0.3, -0.25) is 4.79 Å². The van der Waals surface area contributed by atoms with Crippen LogP contribution >= 0.6 is 11.6 Å². The minimum Gasteiger partial charge on any atom is -0.322 e. The molecule has 0 saturated carbocycles. The molecule has 0 spiro atoms. The van der Waals surface area contributed by atoms with E-state index in [4.69, 9.17) is 17.3 Å². The van der Waals surface area contributed by atoms with Crippen LogP contribution in [0.5, 0.6) is 0 Å². The Hall–Kier alpha value is -1.58. The van der Waals surface area contributed by atoms with Crippen LogP contribution in [0.15, 0.2) is 54.3 Å². The smallest absolute Gasteiger partial charge is 0.255 e. The fourth-order valence-electron chi connectivity index (χ4n) is 1.52. The highest BCUT2D eigenvalue weighted by atomic mass is 35.5. The van der Waals surface area contributed by atoms with Crippen molar-refractivity contribution in [3.63, 3.8) is 0 Å². The van der Waals surface area contributed by atoms with Crippen LogP contribution in [0.25, 0.3) is 0 Å². The third-order valence-corrected chi connectivity index (χ3v) is 2.75. The number of carbonyl (C=O) groups excluding carboxylic acids is 1. The number of halogens is 1. The van der Waals surface area contributed by atoms with Crippen molar-refractivity contribution in [2.24, 2.45) is 5.73 Å². The molecule has 88 valence electrons. The van der Waals surface area contributed by atoms with Gasteiger partial charge in [-0.25, -0.2) is 0 Å². The van der Waals surface area contributed by atoms with Gasteiger partial charge in [-0.05, 0) is 24.3 Å². The Morgan fingerprint density at radius 3 is 2.65 bits per heavy atom. The lowest BCUT2D eigenvalue weighted by Gasteiger charge is -2.20. The van der Waals surface area contributed by atoms with Crippen molar-refractivity contribution in [2.45, 2.75) is 11.4 Å². The number of carbonyl (C=O) groups is 1. The summed E-state index contributed by atoms with van der Waals surface area (Å²) in [5.41, 5.74) is 7.05. The first kappa shape index (κ1) is 11.9. The van der Waals surface area contributed by atoms with Crippen LogP contribution < -0.4 is 11.1 Å². The molecule has 17 heavy (non-hydrogen) atoms. The summed E-state index contributed by atoms with van der Waals surface area (Å²) in [5, 5.41) is 2.79. The van der Waals surface area contributed by atoms with Crippen molar-refractivity contribution >= 4 is 17.5 Å². The van der Waals surface area contributed by atoms with Crippen LogP contribution in [0.3, 0.4) is 0 Å². The number of amides is 1. The Bertz CT molecular complexity index is 477. The lowest BCUT2D eigenvalue weighted by Crippen LogP contribution is -2.33. The molecule has 0 saturated heterocycles. The molecule has 0 fully saturated rings. The molecule has 2 rings (SSSR count). The number of rotatable bonds is 2. The fourth-order valence-corrected chi connectivity index (χ4v) is 1.66. The second-order valence-corrected chi connectivity index (χ2v) is 4.65. The summed E-state index contributed by atoms with van der Waals surface area (Å²) in [6.45, 7) is 0. The monoisotopic (exact) mass is 248 g/mol. The Kier molecular flexibility index (Phi) is 3.31. The van der Waals surface area contributed by atoms with E-state index in [1.54, 1.807) is 24.3 Å². The van der Waals surface area contributed by atoms with Gasteiger partial charge in [0.15, 0.2) is 0 Å². The van der Waals surface area contributed by atoms with Crippen molar-refractivity contribution in [2.75, 3.05) is 0 Å². The molecule has 0 radical (unpaired) electrons. The normalized spacial score (nSPS) is 23.1. The number of hydrogen-bond donors (Lipinski definition) is 2. The van der Waals surface area contributed by atoms with Crippen LogP contribution in [0.2, 0.25) is 0 Å². The highest BCUT2D eigenvalue weighted by Gasteiger charge is 2.19. The molecule has 1 atom stereocenters. The molecule has 1 aliphatic carbocycles. The molecule has 1 aromatic carbocycles. The Morgan fingerprint density at radius 1 is 1.35 bits per heavy atom. The summed E-state index contributed by atoms with van der Waals surface area (Å²) in [7, 11) is 0. The van der Waals surface area contributed by atoms with E-state index in [-0.39, 0.29) is 5.91 Å². The van der Waals surface area contributed by atoms with Crippen LogP contribution in [0.1, 0.15) is 16.8 Å². The molecular weight excluding hydrogens is 236 g/mol. The van der Waals surface area contributed by atoms with Gasteiger partial charge in [0, 0.05) is 17.7 Å². The molecule has 0 bridgehead atoms. The minimum absolute atomic E-state index is 0.138. The van der Waals surface area contributed by atoms with Gasteiger partial charge in [0.05, 0.1) is 0 Å². The van der Waals surface area contributed by atoms with E-state index in [2.05, 4.69) is 5.32 Å². The van der Waals surface area contributed by atoms with E-state index in [0.717, 1.165) is 5.70 Å². The summed E-state index contributed by atoms with van der Waals surface area (Å²) >= 11 is 5.92. The maximum absolute atomic E-state index is 11.8. The molecule has 1 aromatic rings. The van der Waals surface area contributed by atoms with Gasteiger partial charge in [-0.2, -0.15) is 0 Å². The molecule has 3 nitrogen and oxygen atoms in total. The van der Waals surface area contributed by atoms with Gasteiger partial charge in [0.25, 0.3) is 5.91 Å². The average molecular weight is 249 g/mol. The number of alkyl halides is 1. The topological polar surface area (TPSA) is 55.1 Å². The third kappa shape index (κ3) is 3.19. The van der Waals surface area contributed by atoms with Crippen LogP contribution in [0.4, 0.5) is 0 Å². The van der Waals surface area contributed by atoms with Crippen molar-refractivity contribution in [3.8, 4) is 0 Å². The van der Waals surface area contributed by atoms with E-state index in [1.807, 2.05) is 24.3 Å². The van der Waals surface area contributed by atoms with Gasteiger partial charge in [-0.1, -0.05) is 35.9 Å². The maximum atomic E-state index is 11.8. The van der Waals surface area contributed by atoms with E-state index in [0.29, 0.717) is 12.0 Å². The molecule has 0 aliphatic heterocycles. The van der Waals surface area contributed by atoms with Gasteiger partial charge >= 0.3 is 0 Å². The number of nitrogens with one attached hydrogen (secondary N) is 1. The van der Waals surface area contributed by atoms with Gasteiger partial charge in [0.1, 0.15) is 5.00 Å². The standard InChI is InChI=1S/C13H13ClN2O/c14-13(15)8-6-11(7-9-13)16-12(17)10-4-2-1-3-5-10/h1-8H,9,15H2,(H,16,17). The minimum atomic E-state index is -0.832. The number of hydrogen-bond acceptors (Lipinski definition) is 2. The predicted molar refractivity (Wildman–Crippen MR) is 68.5 cm³/mol. The first-order valence-electron chi connectivity index (χ1n) is 5.30. The van der Waals surface area contributed by atoms with Gasteiger partial charge in [0.2, 0.25) is 0 Å². The zero-order valence-corrected chi connectivity index (χ0v) is 9.95. The number of allylic oxidation sites excluding steroid dienone is 1. The summed E-state index contributed by atoms with van der Waals surface area (Å²) in [6, 6.07) is 9.04. The van der Waals surface area contributed by atoms with Crippen molar-refractivity contribution in [1.29, 1.82) is 0 Å². The van der Waals surface area contributed by atoms with Crippen LogP contribution in [0, 0.1) is 0 Å². The largest absolute Gasteiger partial charge is 0.322 e. The lowest BCUT2D eigenvalue weighted by molar-refractivity contribution is 0.0967. The van der Waals surface area contributed by atoms with Gasteiger partial charge in [-0.15, -0.1) is 0 Å². The Balaban J connectivity index is 2.02. The van der Waals surface area contributed by atoms with Gasteiger partial charge < -0.3 is 11.1 Å². The summed E-state index contributed by atoms with van der Waals surface area (Å²) in [5.74, 6) is -0.138. The molecule has 3 N–H and O–H groups in total. The molecule has 1 aliphatic rings. The van der Waals surface area contributed by atoms with Crippen molar-refractivity contribution < 1.29 is 4.79 Å². The van der Waals surface area contributed by atoms with E-state index in [1.165, 1.54) is 0 Å². The lowest BCUT2D eigenvalue weighted by atomic mass is 10.1. The Morgan fingerprint density at radius 2 is 2.06 bits per heavy atom. The zero-order valence-electron chi connectivity index (χ0n) is 9.19. The highest BCUT2D eigenvalue weighted by Crippen LogP contribution is 2.21. The van der Waals surface area contributed by atoms with Crippen LogP contribution in [-0.2, 0) is 0 Å². The Labute approximate surface area is 105 Å². The second kappa shape index (κ2) is 4.73. The predicted octanol–water partition coefficient (Wildman–Crippen LogP) is 2.15. The third-order valence-electron chi connectivity index (χ3n) is 2.47. The van der Waals surface area contributed by atoms with E-state index >= 15 is 0 Å². The number of benzene rings is 1. The highest BCUT2D eigenvalue weighted by molar-refractivity contribution is 6.25. The number of nitrogens with two attached hydrogens (primary N) is 1. The van der Waals surface area contributed by atoms with Crippen molar-refractivity contribution in [1.82, 2.24) is 5.32 Å². The zero-order chi connectivity index (χ0) is 12.3. The summed E-state index contributed by atoms with van der Waals surface area (Å²) < 4.78 is 0. The van der Waals surface area contributed by atoms with Crippen LogP contribution in [-0.4, -0.2) is 10.9 Å². The first-order chi connectivity index (χ1) is 8.07. The quantitative estimate of drug-likeness (QED) is 0.623. The SMILES string of the molecule is NC1(Cl)C=CC(NC(=O)c2ccccc2)=CC1. The second-order valence-electron chi connectivity index (χ2n) is 3.94. The first-order valence-corrected chi connectivity index (χ1v) is 5.68. The average Bonchev–Trinajstić information content (AvgIpc) is 2.33. The van der Waals surface area contributed by atoms with E-state index in [9.17, 15) is 4.79 Å². The summed E-state index contributed by atoms with van der Waals surface area (Å²) in [4.78, 5) is 11.0. The molecule has 0 heterocycles. The fraction of sp³-hybridized carbons (Fsp3) is 0.154. The van der Waals surface area contributed by atoms with E-state index < -0.39 is 5.00 Å². The molecule has 1 amide bonds. The molecule has 1 unspecified atom stereocenters. The molecular formula is C13H13ClN2O.